The summed E-state index contributed by atoms with van der Waals surface area (Å²) in [6.45, 7) is 0.635. The summed E-state index contributed by atoms with van der Waals surface area (Å²) in [6, 6.07) is 34.8. The van der Waals surface area contributed by atoms with Crippen LogP contribution in [0.4, 0.5) is 5.69 Å². The molecule has 0 saturated carbocycles. The van der Waals surface area contributed by atoms with E-state index in [0.29, 0.717) is 17.4 Å². The van der Waals surface area contributed by atoms with Crippen LogP contribution in [0.25, 0.3) is 5.69 Å². The minimum absolute atomic E-state index is 0.00255. The molecule has 0 fully saturated rings. The molecule has 1 aliphatic rings. The smallest absolute Gasteiger partial charge is 0.269 e. The Kier molecular flexibility index (Phi) is 7.53. The number of nitrogens with one attached hydrogen (secondary N) is 1. The lowest BCUT2D eigenvalue weighted by molar-refractivity contribution is 0.0887. The van der Waals surface area contributed by atoms with Crippen LogP contribution < -0.4 is 5.32 Å². The molecule has 0 atom stereocenters. The van der Waals surface area contributed by atoms with Gasteiger partial charge in [-0.3, -0.25) is 4.79 Å². The number of tetrazole rings is 1. The van der Waals surface area contributed by atoms with Crippen molar-refractivity contribution in [3.63, 3.8) is 0 Å². The molecule has 1 N–H and O–H groups in total. The number of nitrogens with zero attached hydrogens (tertiary/aromatic N) is 5. The van der Waals surface area contributed by atoms with E-state index in [1.807, 2.05) is 66.7 Å². The molecule has 0 aliphatic carbocycles. The van der Waals surface area contributed by atoms with Crippen LogP contribution in [0.5, 0.6) is 0 Å². The molecule has 6 rings (SSSR count). The van der Waals surface area contributed by atoms with Gasteiger partial charge in [0.05, 0.1) is 17.1 Å². The monoisotopic (exact) mass is 582 g/mol. The lowest BCUT2D eigenvalue weighted by Gasteiger charge is -2.19. The van der Waals surface area contributed by atoms with E-state index in [2.05, 4.69) is 45.1 Å². The van der Waals surface area contributed by atoms with E-state index < -0.39 is 15.9 Å². The first kappa shape index (κ1) is 26.7. The first-order valence-electron chi connectivity index (χ1n) is 13.0. The second kappa shape index (κ2) is 11.6. The van der Waals surface area contributed by atoms with Gasteiger partial charge < -0.3 is 5.32 Å². The number of fused-ring (bicyclic) bond motifs is 1. The van der Waals surface area contributed by atoms with Gasteiger partial charge in [0.25, 0.3) is 15.9 Å². The first-order valence-corrected chi connectivity index (χ1v) is 15.5. The molecule has 0 spiro atoms. The second-order valence-electron chi connectivity index (χ2n) is 9.44. The number of aromatic nitrogens is 4. The van der Waals surface area contributed by atoms with Crippen molar-refractivity contribution in [2.75, 3.05) is 17.7 Å². The Morgan fingerprint density at radius 1 is 0.829 bits per heavy atom. The highest BCUT2D eigenvalue weighted by molar-refractivity contribution is 8.00. The zero-order chi connectivity index (χ0) is 28.2. The first-order chi connectivity index (χ1) is 20.0. The maximum atomic E-state index is 13.3. The maximum absolute atomic E-state index is 13.3. The van der Waals surface area contributed by atoms with Gasteiger partial charge >= 0.3 is 0 Å². The van der Waals surface area contributed by atoms with Crippen LogP contribution >= 0.6 is 11.8 Å². The molecule has 0 saturated heterocycles. The van der Waals surface area contributed by atoms with Crippen molar-refractivity contribution in [1.29, 1.82) is 0 Å². The number of carbonyl (C=O) groups is 1. The van der Waals surface area contributed by atoms with Crippen molar-refractivity contribution in [3.8, 4) is 5.69 Å². The Bertz CT molecular complexity index is 1720. The van der Waals surface area contributed by atoms with E-state index in [-0.39, 0.29) is 22.3 Å². The van der Waals surface area contributed by atoms with Crippen molar-refractivity contribution < 1.29 is 13.2 Å². The molecular formula is C30H26N6O3S2. The molecule has 206 valence electrons. The third kappa shape index (κ3) is 5.46. The Hall–Kier alpha value is -4.48. The molecule has 41 heavy (non-hydrogen) atoms. The molecule has 9 nitrogen and oxygen atoms in total. The predicted molar refractivity (Wildman–Crippen MR) is 158 cm³/mol. The summed E-state index contributed by atoms with van der Waals surface area (Å²) in [5.41, 5.74) is 4.02. The van der Waals surface area contributed by atoms with E-state index in [1.54, 1.807) is 12.1 Å². The van der Waals surface area contributed by atoms with Gasteiger partial charge in [-0.15, -0.1) is 5.10 Å². The van der Waals surface area contributed by atoms with Crippen molar-refractivity contribution in [1.82, 2.24) is 24.5 Å². The summed E-state index contributed by atoms with van der Waals surface area (Å²) in [5, 5.41) is 15.5. The predicted octanol–water partition coefficient (Wildman–Crippen LogP) is 5.19. The minimum Gasteiger partial charge on any atom is -0.385 e. The fourth-order valence-electron chi connectivity index (χ4n) is 4.90. The lowest BCUT2D eigenvalue weighted by atomic mass is 9.88. The maximum Gasteiger partial charge on any atom is 0.269 e. The Morgan fingerprint density at radius 2 is 1.46 bits per heavy atom. The van der Waals surface area contributed by atoms with Crippen LogP contribution in [0.15, 0.2) is 119 Å². The van der Waals surface area contributed by atoms with Gasteiger partial charge in [-0.05, 0) is 58.3 Å². The summed E-state index contributed by atoms with van der Waals surface area (Å²) < 4.78 is 28.9. The standard InChI is InChI=1S/C30H26N6O3S2/c37-29-27-20-24(31-19-18-26(22-10-4-1-5-11-22)23-12-6-2-7-13-23)16-17-28(27)41(38,39)35(29)21-40-30-32-33-34-36(30)25-14-8-3-9-15-25/h1-17,20,26,31H,18-19,21H2. The summed E-state index contributed by atoms with van der Waals surface area (Å²) >= 11 is 1.08. The van der Waals surface area contributed by atoms with E-state index in [1.165, 1.54) is 21.9 Å². The molecule has 1 aromatic heterocycles. The molecular weight excluding hydrogens is 557 g/mol. The molecule has 2 heterocycles. The van der Waals surface area contributed by atoms with Crippen LogP contribution in [0.1, 0.15) is 33.8 Å². The van der Waals surface area contributed by atoms with Crippen molar-refractivity contribution in [3.05, 3.63) is 126 Å². The van der Waals surface area contributed by atoms with Gasteiger partial charge in [0.15, 0.2) is 0 Å². The normalized spacial score (nSPS) is 13.9. The van der Waals surface area contributed by atoms with Gasteiger partial charge in [0.1, 0.15) is 4.90 Å². The molecule has 0 bridgehead atoms. The molecule has 1 amide bonds. The highest BCUT2D eigenvalue weighted by Crippen LogP contribution is 2.35. The van der Waals surface area contributed by atoms with Gasteiger partial charge in [-0.1, -0.05) is 90.6 Å². The third-order valence-corrected chi connectivity index (χ3v) is 9.77. The van der Waals surface area contributed by atoms with Crippen LogP contribution in [0, 0.1) is 0 Å². The van der Waals surface area contributed by atoms with Crippen molar-refractivity contribution in [2.45, 2.75) is 22.4 Å². The number of anilines is 1. The van der Waals surface area contributed by atoms with Crippen LogP contribution in [0.2, 0.25) is 0 Å². The zero-order valence-corrected chi connectivity index (χ0v) is 23.5. The Labute approximate surface area is 242 Å². The number of para-hydroxylation sites is 1. The highest BCUT2D eigenvalue weighted by atomic mass is 32.2. The van der Waals surface area contributed by atoms with E-state index in [4.69, 9.17) is 0 Å². The summed E-state index contributed by atoms with van der Waals surface area (Å²) in [4.78, 5) is 13.3. The fraction of sp³-hybridized carbons (Fsp3) is 0.133. The lowest BCUT2D eigenvalue weighted by Crippen LogP contribution is -2.29. The molecule has 5 aromatic rings. The van der Waals surface area contributed by atoms with Gasteiger partial charge in [-0.2, -0.15) is 4.68 Å². The molecule has 11 heteroatoms. The van der Waals surface area contributed by atoms with E-state index in [0.717, 1.165) is 28.2 Å². The summed E-state index contributed by atoms with van der Waals surface area (Å²) in [6.07, 6.45) is 0.816. The summed E-state index contributed by atoms with van der Waals surface area (Å²) in [5.74, 6) is -0.524. The number of thioether (sulfide) groups is 1. The summed E-state index contributed by atoms with van der Waals surface area (Å²) in [7, 11) is -3.99. The number of rotatable bonds is 10. The SMILES string of the molecule is O=C1c2cc(NCCC(c3ccccc3)c3ccccc3)ccc2S(=O)(=O)N1CSc1nnnn1-c1ccccc1. The quantitative estimate of drug-likeness (QED) is 0.224. The zero-order valence-electron chi connectivity index (χ0n) is 21.9. The third-order valence-electron chi connectivity index (χ3n) is 6.92. The van der Waals surface area contributed by atoms with E-state index in [9.17, 15) is 13.2 Å². The van der Waals surface area contributed by atoms with Crippen molar-refractivity contribution in [2.24, 2.45) is 0 Å². The topological polar surface area (TPSA) is 110 Å². The molecule has 4 aromatic carbocycles. The molecule has 1 aliphatic heterocycles. The van der Waals surface area contributed by atoms with Crippen molar-refractivity contribution >= 4 is 33.4 Å². The highest BCUT2D eigenvalue weighted by Gasteiger charge is 2.41. The number of sulfonamides is 1. The molecule has 0 unspecified atom stereocenters. The Balaban J connectivity index is 1.15. The van der Waals surface area contributed by atoms with Crippen LogP contribution in [-0.2, 0) is 10.0 Å². The number of hydrogen-bond acceptors (Lipinski definition) is 8. The second-order valence-corrected chi connectivity index (χ2v) is 12.2. The van der Waals surface area contributed by atoms with Gasteiger partial charge in [-0.25, -0.2) is 12.7 Å². The minimum atomic E-state index is -3.99. The number of benzene rings is 4. The van der Waals surface area contributed by atoms with Gasteiger partial charge in [0, 0.05) is 18.2 Å². The average molecular weight is 583 g/mol. The number of hydrogen-bond donors (Lipinski definition) is 1. The Morgan fingerprint density at radius 3 is 2.12 bits per heavy atom. The van der Waals surface area contributed by atoms with Crippen LogP contribution in [-0.4, -0.2) is 51.3 Å². The van der Waals surface area contributed by atoms with Crippen LogP contribution in [0.3, 0.4) is 0 Å². The molecule has 0 radical (unpaired) electrons. The van der Waals surface area contributed by atoms with Gasteiger partial charge in [0.2, 0.25) is 5.16 Å². The largest absolute Gasteiger partial charge is 0.385 e. The number of amides is 1. The number of carbonyl (C=O) groups excluding carboxylic acids is 1. The average Bonchev–Trinajstić information content (AvgIpc) is 3.55. The van der Waals surface area contributed by atoms with E-state index >= 15 is 0 Å². The fourth-order valence-corrected chi connectivity index (χ4v) is 7.54.